The van der Waals surface area contributed by atoms with Gasteiger partial charge in [-0.15, -0.1) is 0 Å². The summed E-state index contributed by atoms with van der Waals surface area (Å²) in [5.74, 6) is -0.694. The zero-order valence-electron chi connectivity index (χ0n) is 12.5. The van der Waals surface area contributed by atoms with Crippen LogP contribution in [0.25, 0.3) is 0 Å². The molecule has 20 heavy (non-hydrogen) atoms. The minimum Gasteiger partial charge on any atom is -0.481 e. The number of piperidine rings is 1. The van der Waals surface area contributed by atoms with Crippen LogP contribution >= 0.6 is 0 Å². The third kappa shape index (κ3) is 3.01. The van der Waals surface area contributed by atoms with E-state index in [9.17, 15) is 9.90 Å². The summed E-state index contributed by atoms with van der Waals surface area (Å²) in [5, 5.41) is 9.45. The van der Waals surface area contributed by atoms with Crippen molar-refractivity contribution in [2.45, 2.75) is 63.5 Å². The Morgan fingerprint density at radius 3 is 2.35 bits per heavy atom. The van der Waals surface area contributed by atoms with E-state index in [1.54, 1.807) is 0 Å². The summed E-state index contributed by atoms with van der Waals surface area (Å²) in [5.41, 5.74) is 0. The van der Waals surface area contributed by atoms with Crippen molar-refractivity contribution < 1.29 is 9.90 Å². The number of carboxylic acids is 1. The van der Waals surface area contributed by atoms with Crippen LogP contribution in [0.2, 0.25) is 0 Å². The minimum absolute atomic E-state index is 0.121. The molecule has 2 heterocycles. The van der Waals surface area contributed by atoms with E-state index in [4.69, 9.17) is 0 Å². The molecule has 0 spiro atoms. The number of nitrogens with zero attached hydrogens (tertiary/aromatic N) is 2. The van der Waals surface area contributed by atoms with Crippen molar-refractivity contribution in [1.82, 2.24) is 9.80 Å². The lowest BCUT2D eigenvalue weighted by Crippen LogP contribution is -2.46. The Hall–Kier alpha value is -0.610. The standard InChI is InChI=1S/C16H28N2O2/c19-16(20)14-6-2-3-7-15(14)18-11-8-13(12-18)17-9-4-1-5-10-17/h13-15H,1-12H2,(H,19,20). The fraction of sp³-hybridized carbons (Fsp3) is 0.938. The average molecular weight is 280 g/mol. The molecule has 0 amide bonds. The summed E-state index contributed by atoms with van der Waals surface area (Å²) in [6, 6.07) is 0.989. The molecule has 1 aliphatic carbocycles. The summed E-state index contributed by atoms with van der Waals surface area (Å²) >= 11 is 0. The quantitative estimate of drug-likeness (QED) is 0.860. The van der Waals surface area contributed by atoms with Crippen molar-refractivity contribution in [3.63, 3.8) is 0 Å². The van der Waals surface area contributed by atoms with Gasteiger partial charge in [-0.25, -0.2) is 0 Å². The molecule has 3 fully saturated rings. The molecule has 3 aliphatic rings. The maximum atomic E-state index is 11.5. The summed E-state index contributed by atoms with van der Waals surface area (Å²) in [7, 11) is 0. The van der Waals surface area contributed by atoms with Crippen LogP contribution in [0.5, 0.6) is 0 Å². The molecule has 1 saturated carbocycles. The van der Waals surface area contributed by atoms with E-state index in [0.717, 1.165) is 32.4 Å². The third-order valence-electron chi connectivity index (χ3n) is 5.62. The van der Waals surface area contributed by atoms with Crippen LogP contribution in [0.4, 0.5) is 0 Å². The number of likely N-dealkylation sites (tertiary alicyclic amines) is 2. The lowest BCUT2D eigenvalue weighted by molar-refractivity contribution is -0.145. The maximum absolute atomic E-state index is 11.5. The fourth-order valence-electron chi connectivity index (χ4n) is 4.49. The number of hydrogen-bond acceptors (Lipinski definition) is 3. The molecule has 0 radical (unpaired) electrons. The molecule has 3 unspecified atom stereocenters. The number of carbonyl (C=O) groups is 1. The Bertz CT molecular complexity index is 341. The second kappa shape index (κ2) is 6.44. The van der Waals surface area contributed by atoms with Gasteiger partial charge in [0.15, 0.2) is 0 Å². The molecule has 0 bridgehead atoms. The van der Waals surface area contributed by atoms with Crippen LogP contribution in [-0.2, 0) is 4.79 Å². The van der Waals surface area contributed by atoms with Gasteiger partial charge in [0.25, 0.3) is 0 Å². The molecule has 114 valence electrons. The zero-order chi connectivity index (χ0) is 13.9. The molecular formula is C16H28N2O2. The first kappa shape index (κ1) is 14.3. The van der Waals surface area contributed by atoms with E-state index >= 15 is 0 Å². The van der Waals surface area contributed by atoms with E-state index in [0.29, 0.717) is 12.1 Å². The van der Waals surface area contributed by atoms with Gasteiger partial charge >= 0.3 is 5.97 Å². The Balaban J connectivity index is 1.59. The van der Waals surface area contributed by atoms with Crippen LogP contribution in [0.3, 0.4) is 0 Å². The van der Waals surface area contributed by atoms with Crippen LogP contribution in [0, 0.1) is 5.92 Å². The van der Waals surface area contributed by atoms with Crippen LogP contribution in [0.1, 0.15) is 51.4 Å². The number of aliphatic carboxylic acids is 1. The first-order chi connectivity index (χ1) is 9.75. The van der Waals surface area contributed by atoms with Gasteiger partial charge in [-0.2, -0.15) is 0 Å². The molecular weight excluding hydrogens is 252 g/mol. The number of hydrogen-bond donors (Lipinski definition) is 1. The highest BCUT2D eigenvalue weighted by Gasteiger charge is 2.39. The van der Waals surface area contributed by atoms with Gasteiger partial charge in [-0.05, 0) is 45.2 Å². The molecule has 0 aromatic rings. The topological polar surface area (TPSA) is 43.8 Å². The van der Waals surface area contributed by atoms with Crippen LogP contribution in [0.15, 0.2) is 0 Å². The first-order valence-electron chi connectivity index (χ1n) is 8.46. The first-order valence-corrected chi connectivity index (χ1v) is 8.46. The Morgan fingerprint density at radius 2 is 1.60 bits per heavy atom. The van der Waals surface area contributed by atoms with Crippen molar-refractivity contribution >= 4 is 5.97 Å². The second-order valence-electron chi connectivity index (χ2n) is 6.83. The van der Waals surface area contributed by atoms with Gasteiger partial charge in [0.1, 0.15) is 0 Å². The SMILES string of the molecule is O=C(O)C1CCCCC1N1CCC(N2CCCCC2)C1. The van der Waals surface area contributed by atoms with Crippen molar-refractivity contribution in [1.29, 1.82) is 0 Å². The smallest absolute Gasteiger partial charge is 0.308 e. The molecule has 1 N–H and O–H groups in total. The van der Waals surface area contributed by atoms with Crippen LogP contribution in [-0.4, -0.2) is 59.1 Å². The molecule has 0 aromatic heterocycles. The predicted octanol–water partition coefficient (Wildman–Crippen LogP) is 2.19. The molecule has 3 rings (SSSR count). The number of carboxylic acid groups (broad SMARTS) is 1. The molecule has 2 saturated heterocycles. The van der Waals surface area contributed by atoms with Gasteiger partial charge in [-0.3, -0.25) is 14.6 Å². The van der Waals surface area contributed by atoms with E-state index in [-0.39, 0.29) is 5.92 Å². The average Bonchev–Trinajstić information content (AvgIpc) is 2.98. The molecule has 4 heteroatoms. The minimum atomic E-state index is -0.573. The van der Waals surface area contributed by atoms with Gasteiger partial charge < -0.3 is 5.11 Å². The third-order valence-corrected chi connectivity index (χ3v) is 5.62. The van der Waals surface area contributed by atoms with E-state index < -0.39 is 5.97 Å². The lowest BCUT2D eigenvalue weighted by Gasteiger charge is -2.37. The highest BCUT2D eigenvalue weighted by Crippen LogP contribution is 2.32. The van der Waals surface area contributed by atoms with Crippen LogP contribution < -0.4 is 0 Å². The normalized spacial score (nSPS) is 37.1. The van der Waals surface area contributed by atoms with Crippen molar-refractivity contribution in [3.05, 3.63) is 0 Å². The van der Waals surface area contributed by atoms with Gasteiger partial charge in [-0.1, -0.05) is 19.3 Å². The maximum Gasteiger partial charge on any atom is 0.308 e. The predicted molar refractivity (Wildman–Crippen MR) is 78.8 cm³/mol. The summed E-state index contributed by atoms with van der Waals surface area (Å²) < 4.78 is 0. The summed E-state index contributed by atoms with van der Waals surface area (Å²) in [6.07, 6.45) is 9.58. The van der Waals surface area contributed by atoms with Crippen molar-refractivity contribution in [2.75, 3.05) is 26.2 Å². The highest BCUT2D eigenvalue weighted by molar-refractivity contribution is 5.71. The van der Waals surface area contributed by atoms with Crippen molar-refractivity contribution in [2.24, 2.45) is 5.92 Å². The lowest BCUT2D eigenvalue weighted by atomic mass is 9.83. The van der Waals surface area contributed by atoms with Crippen molar-refractivity contribution in [3.8, 4) is 0 Å². The Labute approximate surface area is 122 Å². The summed E-state index contributed by atoms with van der Waals surface area (Å²) in [6.45, 7) is 4.72. The monoisotopic (exact) mass is 280 g/mol. The zero-order valence-corrected chi connectivity index (χ0v) is 12.5. The number of rotatable bonds is 3. The Morgan fingerprint density at radius 1 is 0.850 bits per heavy atom. The largest absolute Gasteiger partial charge is 0.481 e. The van der Waals surface area contributed by atoms with Gasteiger partial charge in [0.05, 0.1) is 5.92 Å². The van der Waals surface area contributed by atoms with E-state index in [1.807, 2.05) is 0 Å². The molecule has 2 aliphatic heterocycles. The second-order valence-corrected chi connectivity index (χ2v) is 6.83. The molecule has 0 aromatic carbocycles. The van der Waals surface area contributed by atoms with E-state index in [2.05, 4.69) is 9.80 Å². The highest BCUT2D eigenvalue weighted by atomic mass is 16.4. The summed E-state index contributed by atoms with van der Waals surface area (Å²) in [4.78, 5) is 16.6. The molecule has 4 nitrogen and oxygen atoms in total. The van der Waals surface area contributed by atoms with E-state index in [1.165, 1.54) is 45.2 Å². The Kier molecular flexibility index (Phi) is 4.61. The fourth-order valence-corrected chi connectivity index (χ4v) is 4.49. The van der Waals surface area contributed by atoms with Gasteiger partial charge in [0.2, 0.25) is 0 Å². The van der Waals surface area contributed by atoms with Gasteiger partial charge in [0, 0.05) is 25.2 Å². The molecule has 3 atom stereocenters.